The molecule has 0 saturated carbocycles. The van der Waals surface area contributed by atoms with Gasteiger partial charge >= 0.3 is 0 Å². The molecule has 1 aromatic heterocycles. The Hall–Kier alpha value is -2.47. The summed E-state index contributed by atoms with van der Waals surface area (Å²) in [6, 6.07) is 8.16. The Labute approximate surface area is 139 Å². The van der Waals surface area contributed by atoms with Crippen molar-refractivity contribution in [2.75, 3.05) is 18.5 Å². The molecule has 1 aliphatic heterocycles. The topological polar surface area (TPSA) is 74.2 Å². The van der Waals surface area contributed by atoms with Gasteiger partial charge in [0.1, 0.15) is 11.6 Å². The van der Waals surface area contributed by atoms with Gasteiger partial charge in [-0.2, -0.15) is 0 Å². The minimum atomic E-state index is -0.962. The number of hydrogen-bond donors (Lipinski definition) is 3. The maximum atomic E-state index is 13.9. The number of pyridine rings is 1. The van der Waals surface area contributed by atoms with E-state index in [2.05, 4.69) is 15.6 Å². The Kier molecular flexibility index (Phi) is 4.49. The van der Waals surface area contributed by atoms with E-state index in [4.69, 9.17) is 0 Å². The number of fused-ring (bicyclic) bond motifs is 1. The van der Waals surface area contributed by atoms with Crippen molar-refractivity contribution in [2.24, 2.45) is 0 Å². The van der Waals surface area contributed by atoms with Gasteiger partial charge in [0.15, 0.2) is 0 Å². The molecular weight excluding hydrogens is 309 g/mol. The van der Waals surface area contributed by atoms with Crippen LogP contribution < -0.4 is 10.6 Å². The zero-order valence-electron chi connectivity index (χ0n) is 13.5. The molecule has 1 aromatic carbocycles. The summed E-state index contributed by atoms with van der Waals surface area (Å²) in [6.07, 6.45) is 2.53. The van der Waals surface area contributed by atoms with E-state index in [1.807, 2.05) is 0 Å². The molecule has 6 heteroatoms. The van der Waals surface area contributed by atoms with Crippen LogP contribution >= 0.6 is 0 Å². The normalized spacial score (nSPS) is 15.3. The molecule has 0 bridgehead atoms. The third-order valence-electron chi connectivity index (χ3n) is 4.22. The number of aliphatic hydroxyl groups is 1. The first-order valence-electron chi connectivity index (χ1n) is 7.90. The zero-order valence-corrected chi connectivity index (χ0v) is 13.5. The second kappa shape index (κ2) is 6.57. The molecule has 2 aromatic rings. The average molecular weight is 329 g/mol. The minimum Gasteiger partial charge on any atom is -0.394 e. The molecule has 0 spiro atoms. The van der Waals surface area contributed by atoms with Crippen molar-refractivity contribution in [3.63, 3.8) is 0 Å². The summed E-state index contributed by atoms with van der Waals surface area (Å²) in [4.78, 5) is 16.8. The number of aliphatic hydroxyl groups excluding tert-OH is 1. The molecule has 1 unspecified atom stereocenters. The summed E-state index contributed by atoms with van der Waals surface area (Å²) in [5.41, 5.74) is 0.926. The lowest BCUT2D eigenvalue weighted by atomic mass is 9.92. The van der Waals surface area contributed by atoms with E-state index in [0.717, 1.165) is 24.3 Å². The van der Waals surface area contributed by atoms with Crippen LogP contribution in [0.3, 0.4) is 0 Å². The van der Waals surface area contributed by atoms with E-state index in [1.165, 1.54) is 12.3 Å². The predicted molar refractivity (Wildman–Crippen MR) is 89.5 cm³/mol. The Morgan fingerprint density at radius 2 is 2.25 bits per heavy atom. The van der Waals surface area contributed by atoms with Crippen molar-refractivity contribution in [3.8, 4) is 0 Å². The summed E-state index contributed by atoms with van der Waals surface area (Å²) in [6.45, 7) is 2.21. The van der Waals surface area contributed by atoms with E-state index in [-0.39, 0.29) is 24.8 Å². The number of anilines is 1. The second-order valence-electron chi connectivity index (χ2n) is 6.35. The van der Waals surface area contributed by atoms with Crippen LogP contribution in [0.5, 0.6) is 0 Å². The quantitative estimate of drug-likeness (QED) is 0.783. The Bertz CT molecular complexity index is 766. The molecule has 1 atom stereocenters. The van der Waals surface area contributed by atoms with Gasteiger partial charge in [0.05, 0.1) is 17.7 Å². The van der Waals surface area contributed by atoms with Crippen LogP contribution in [0.25, 0.3) is 0 Å². The van der Waals surface area contributed by atoms with Gasteiger partial charge < -0.3 is 15.7 Å². The van der Waals surface area contributed by atoms with Crippen molar-refractivity contribution in [3.05, 3.63) is 59.0 Å². The molecule has 1 amide bonds. The summed E-state index contributed by atoms with van der Waals surface area (Å²) in [7, 11) is 0. The van der Waals surface area contributed by atoms with Gasteiger partial charge in [-0.15, -0.1) is 0 Å². The van der Waals surface area contributed by atoms with E-state index in [1.54, 1.807) is 31.2 Å². The standard InChI is InChI=1S/C18H20FN3O2/c1-18(11-23,9-13-4-2-3-5-15(13)19)22-17(24)14-8-12-6-7-20-16(12)21-10-14/h2-5,8,10,23H,6-7,9,11H2,1H3,(H,20,21)(H,22,24). The van der Waals surface area contributed by atoms with Crippen LogP contribution in [0, 0.1) is 5.82 Å². The fourth-order valence-corrected chi connectivity index (χ4v) is 2.85. The highest BCUT2D eigenvalue weighted by atomic mass is 19.1. The van der Waals surface area contributed by atoms with Crippen LogP contribution in [0.2, 0.25) is 0 Å². The van der Waals surface area contributed by atoms with E-state index in [0.29, 0.717) is 11.1 Å². The molecule has 1 aliphatic rings. The van der Waals surface area contributed by atoms with Gasteiger partial charge in [-0.1, -0.05) is 18.2 Å². The van der Waals surface area contributed by atoms with Crippen molar-refractivity contribution in [2.45, 2.75) is 25.3 Å². The summed E-state index contributed by atoms with van der Waals surface area (Å²) >= 11 is 0. The average Bonchev–Trinajstić information content (AvgIpc) is 3.04. The van der Waals surface area contributed by atoms with Crippen LogP contribution in [0.15, 0.2) is 36.5 Å². The lowest BCUT2D eigenvalue weighted by Gasteiger charge is -2.29. The third kappa shape index (κ3) is 3.38. The van der Waals surface area contributed by atoms with E-state index in [9.17, 15) is 14.3 Å². The molecule has 0 aliphatic carbocycles. The van der Waals surface area contributed by atoms with Crippen molar-refractivity contribution < 1.29 is 14.3 Å². The lowest BCUT2D eigenvalue weighted by Crippen LogP contribution is -2.50. The van der Waals surface area contributed by atoms with Crippen molar-refractivity contribution in [1.29, 1.82) is 0 Å². The van der Waals surface area contributed by atoms with Crippen LogP contribution in [0.4, 0.5) is 10.2 Å². The first kappa shape index (κ1) is 16.4. The van der Waals surface area contributed by atoms with Crippen LogP contribution in [-0.4, -0.2) is 34.7 Å². The number of halogens is 1. The van der Waals surface area contributed by atoms with Crippen LogP contribution in [-0.2, 0) is 12.8 Å². The molecule has 126 valence electrons. The number of amides is 1. The number of carbonyl (C=O) groups excluding carboxylic acids is 1. The number of hydrogen-bond acceptors (Lipinski definition) is 4. The molecule has 2 heterocycles. The van der Waals surface area contributed by atoms with Crippen LogP contribution in [0.1, 0.15) is 28.4 Å². The highest BCUT2D eigenvalue weighted by Gasteiger charge is 2.28. The lowest BCUT2D eigenvalue weighted by molar-refractivity contribution is 0.0850. The first-order valence-corrected chi connectivity index (χ1v) is 7.90. The first-order chi connectivity index (χ1) is 11.5. The molecule has 0 radical (unpaired) electrons. The number of nitrogens with zero attached hydrogens (tertiary/aromatic N) is 1. The highest BCUT2D eigenvalue weighted by Crippen LogP contribution is 2.21. The van der Waals surface area contributed by atoms with Crippen molar-refractivity contribution in [1.82, 2.24) is 10.3 Å². The Morgan fingerprint density at radius 1 is 1.46 bits per heavy atom. The van der Waals surface area contributed by atoms with Gasteiger partial charge in [-0.3, -0.25) is 4.79 Å². The Balaban J connectivity index is 1.76. The fourth-order valence-electron chi connectivity index (χ4n) is 2.85. The zero-order chi connectivity index (χ0) is 17.2. The second-order valence-corrected chi connectivity index (χ2v) is 6.35. The molecular formula is C18H20FN3O2. The number of benzene rings is 1. The number of nitrogens with one attached hydrogen (secondary N) is 2. The molecule has 5 nitrogen and oxygen atoms in total. The Morgan fingerprint density at radius 3 is 3.00 bits per heavy atom. The van der Waals surface area contributed by atoms with Gasteiger partial charge in [0.2, 0.25) is 0 Å². The number of carbonyl (C=O) groups is 1. The van der Waals surface area contributed by atoms with Gasteiger partial charge in [0.25, 0.3) is 5.91 Å². The minimum absolute atomic E-state index is 0.196. The highest BCUT2D eigenvalue weighted by molar-refractivity contribution is 5.95. The summed E-state index contributed by atoms with van der Waals surface area (Å²) in [5.74, 6) is 0.129. The van der Waals surface area contributed by atoms with Gasteiger partial charge in [-0.05, 0) is 36.6 Å². The van der Waals surface area contributed by atoms with Crippen molar-refractivity contribution >= 4 is 11.7 Å². The maximum Gasteiger partial charge on any atom is 0.253 e. The molecule has 0 saturated heterocycles. The smallest absolute Gasteiger partial charge is 0.253 e. The molecule has 3 N–H and O–H groups in total. The SMILES string of the molecule is CC(CO)(Cc1ccccc1F)NC(=O)c1cnc2c(c1)CCN2. The molecule has 24 heavy (non-hydrogen) atoms. The number of rotatable bonds is 5. The monoisotopic (exact) mass is 329 g/mol. The predicted octanol–water partition coefficient (Wildman–Crippen LogP) is 1.91. The van der Waals surface area contributed by atoms with Gasteiger partial charge in [-0.25, -0.2) is 9.37 Å². The van der Waals surface area contributed by atoms with Gasteiger partial charge in [0, 0.05) is 19.2 Å². The largest absolute Gasteiger partial charge is 0.394 e. The maximum absolute atomic E-state index is 13.9. The third-order valence-corrected chi connectivity index (χ3v) is 4.22. The fraction of sp³-hybridized carbons (Fsp3) is 0.333. The summed E-state index contributed by atoms with van der Waals surface area (Å²) < 4.78 is 13.9. The van der Waals surface area contributed by atoms with E-state index < -0.39 is 5.54 Å². The molecule has 3 rings (SSSR count). The van der Waals surface area contributed by atoms with E-state index >= 15 is 0 Å². The summed E-state index contributed by atoms with van der Waals surface area (Å²) in [5, 5.41) is 15.7. The molecule has 0 fully saturated rings. The number of aromatic nitrogens is 1.